The molecule has 0 aromatic heterocycles. The van der Waals surface area contributed by atoms with Gasteiger partial charge in [0.05, 0.1) is 6.54 Å². The molecular weight excluding hydrogens is 248 g/mol. The number of hydrogen-bond donors (Lipinski definition) is 2. The molecule has 0 saturated carbocycles. The molecule has 4 heteroatoms. The molecule has 1 aromatic carbocycles. The minimum atomic E-state index is 0.506. The summed E-state index contributed by atoms with van der Waals surface area (Å²) in [5.74, 6) is 0.506. The summed E-state index contributed by atoms with van der Waals surface area (Å²) in [6.07, 6.45) is 3.76. The predicted octanol–water partition coefficient (Wildman–Crippen LogP) is 2.60. The van der Waals surface area contributed by atoms with Crippen molar-refractivity contribution >= 4 is 11.6 Å². The van der Waals surface area contributed by atoms with Crippen LogP contribution in [-0.2, 0) is 0 Å². The number of anilines is 1. The first kappa shape index (κ1) is 14.9. The number of guanidine groups is 1. The lowest BCUT2D eigenvalue weighted by molar-refractivity contribution is 0.242. The van der Waals surface area contributed by atoms with Crippen molar-refractivity contribution in [2.75, 3.05) is 25.0 Å². The molecule has 1 aliphatic rings. The molecule has 1 unspecified atom stereocenters. The number of nitrogens with one attached hydrogen (secondary N) is 1. The zero-order valence-electron chi connectivity index (χ0n) is 12.6. The molecular formula is C16H26N4. The number of rotatable bonds is 5. The third-order valence-electron chi connectivity index (χ3n) is 3.92. The number of aliphatic imine (C=N–C) groups is 1. The summed E-state index contributed by atoms with van der Waals surface area (Å²) >= 11 is 0. The predicted molar refractivity (Wildman–Crippen MR) is 86.2 cm³/mol. The highest BCUT2D eigenvalue weighted by Gasteiger charge is 2.19. The second-order valence-corrected chi connectivity index (χ2v) is 5.52. The summed E-state index contributed by atoms with van der Waals surface area (Å²) in [6.45, 7) is 7.49. The molecule has 20 heavy (non-hydrogen) atoms. The highest BCUT2D eigenvalue weighted by molar-refractivity contribution is 5.92. The van der Waals surface area contributed by atoms with Crippen LogP contribution in [0.5, 0.6) is 0 Å². The van der Waals surface area contributed by atoms with Crippen molar-refractivity contribution in [3.05, 3.63) is 29.8 Å². The Balaban J connectivity index is 1.87. The molecule has 4 nitrogen and oxygen atoms in total. The Bertz CT molecular complexity index is 432. The molecule has 1 heterocycles. The first-order chi connectivity index (χ1) is 9.69. The van der Waals surface area contributed by atoms with E-state index in [1.54, 1.807) is 0 Å². The van der Waals surface area contributed by atoms with E-state index in [0.717, 1.165) is 18.7 Å². The molecule has 0 spiro atoms. The number of benzene rings is 1. The van der Waals surface area contributed by atoms with Crippen molar-refractivity contribution in [1.82, 2.24) is 4.90 Å². The van der Waals surface area contributed by atoms with Gasteiger partial charge in [-0.1, -0.05) is 24.6 Å². The van der Waals surface area contributed by atoms with Gasteiger partial charge in [0.1, 0.15) is 0 Å². The Morgan fingerprint density at radius 3 is 2.55 bits per heavy atom. The van der Waals surface area contributed by atoms with E-state index in [0.29, 0.717) is 12.0 Å². The van der Waals surface area contributed by atoms with Crippen LogP contribution in [0.25, 0.3) is 0 Å². The van der Waals surface area contributed by atoms with Crippen LogP contribution >= 0.6 is 0 Å². The molecule has 1 atom stereocenters. The molecule has 0 radical (unpaired) electrons. The number of aryl methyl sites for hydroxylation is 1. The van der Waals surface area contributed by atoms with Crippen LogP contribution in [0.2, 0.25) is 0 Å². The van der Waals surface area contributed by atoms with Gasteiger partial charge in [-0.2, -0.15) is 0 Å². The SMILES string of the molecule is CCC(CN=C(N)Nc1ccc(C)cc1)N1CCCC1. The summed E-state index contributed by atoms with van der Waals surface area (Å²) in [7, 11) is 0. The number of nitrogens with zero attached hydrogens (tertiary/aromatic N) is 2. The van der Waals surface area contributed by atoms with E-state index in [1.807, 2.05) is 12.1 Å². The fraction of sp³-hybridized carbons (Fsp3) is 0.562. The van der Waals surface area contributed by atoms with Gasteiger partial charge in [-0.3, -0.25) is 9.89 Å². The third-order valence-corrected chi connectivity index (χ3v) is 3.92. The molecule has 0 aliphatic carbocycles. The van der Waals surface area contributed by atoms with Crippen molar-refractivity contribution in [1.29, 1.82) is 0 Å². The van der Waals surface area contributed by atoms with E-state index in [1.165, 1.54) is 31.5 Å². The molecule has 0 bridgehead atoms. The zero-order chi connectivity index (χ0) is 14.4. The van der Waals surface area contributed by atoms with E-state index in [-0.39, 0.29) is 0 Å². The first-order valence-electron chi connectivity index (χ1n) is 7.56. The van der Waals surface area contributed by atoms with E-state index in [2.05, 4.69) is 41.2 Å². The summed E-state index contributed by atoms with van der Waals surface area (Å²) in [6, 6.07) is 8.70. The standard InChI is InChI=1S/C16H26N4/c1-3-15(20-10-4-5-11-20)12-18-16(17)19-14-8-6-13(2)7-9-14/h6-9,15H,3-5,10-12H2,1-2H3,(H3,17,18,19). The van der Waals surface area contributed by atoms with Crippen molar-refractivity contribution in [2.45, 2.75) is 39.2 Å². The highest BCUT2D eigenvalue weighted by atomic mass is 15.2. The largest absolute Gasteiger partial charge is 0.370 e. The summed E-state index contributed by atoms with van der Waals surface area (Å²) in [5.41, 5.74) is 8.20. The smallest absolute Gasteiger partial charge is 0.193 e. The molecule has 110 valence electrons. The van der Waals surface area contributed by atoms with Crippen LogP contribution in [0.4, 0.5) is 5.69 Å². The van der Waals surface area contributed by atoms with Crippen molar-refractivity contribution < 1.29 is 0 Å². The lowest BCUT2D eigenvalue weighted by Gasteiger charge is -2.24. The van der Waals surface area contributed by atoms with Gasteiger partial charge < -0.3 is 11.1 Å². The molecule has 0 amide bonds. The van der Waals surface area contributed by atoms with Gasteiger partial charge >= 0.3 is 0 Å². The van der Waals surface area contributed by atoms with Crippen LogP contribution in [0, 0.1) is 6.92 Å². The molecule has 1 aliphatic heterocycles. The monoisotopic (exact) mass is 274 g/mol. The zero-order valence-corrected chi connectivity index (χ0v) is 12.6. The van der Waals surface area contributed by atoms with Gasteiger partial charge in [0.2, 0.25) is 0 Å². The van der Waals surface area contributed by atoms with Crippen molar-refractivity contribution in [2.24, 2.45) is 10.7 Å². The number of nitrogens with two attached hydrogens (primary N) is 1. The minimum Gasteiger partial charge on any atom is -0.370 e. The van der Waals surface area contributed by atoms with Gasteiger partial charge in [-0.25, -0.2) is 0 Å². The quantitative estimate of drug-likeness (QED) is 0.641. The molecule has 3 N–H and O–H groups in total. The summed E-state index contributed by atoms with van der Waals surface area (Å²) in [4.78, 5) is 7.03. The van der Waals surface area contributed by atoms with Gasteiger partial charge in [0.25, 0.3) is 0 Å². The van der Waals surface area contributed by atoms with E-state index in [9.17, 15) is 0 Å². The third kappa shape index (κ3) is 4.23. The lowest BCUT2D eigenvalue weighted by Crippen LogP contribution is -2.35. The molecule has 1 saturated heterocycles. The lowest BCUT2D eigenvalue weighted by atomic mass is 10.2. The maximum absolute atomic E-state index is 5.97. The van der Waals surface area contributed by atoms with Gasteiger partial charge in [0, 0.05) is 11.7 Å². The maximum Gasteiger partial charge on any atom is 0.193 e. The van der Waals surface area contributed by atoms with Gasteiger partial charge in [0.15, 0.2) is 5.96 Å². The molecule has 1 aromatic rings. The van der Waals surface area contributed by atoms with Gasteiger partial charge in [-0.05, 0) is 51.4 Å². The normalized spacial score (nSPS) is 18.2. The average Bonchev–Trinajstić information content (AvgIpc) is 2.96. The van der Waals surface area contributed by atoms with Crippen molar-refractivity contribution in [3.63, 3.8) is 0 Å². The number of likely N-dealkylation sites (tertiary alicyclic amines) is 1. The van der Waals surface area contributed by atoms with E-state index >= 15 is 0 Å². The fourth-order valence-electron chi connectivity index (χ4n) is 2.64. The van der Waals surface area contributed by atoms with Crippen molar-refractivity contribution in [3.8, 4) is 0 Å². The Labute approximate surface area is 122 Å². The first-order valence-corrected chi connectivity index (χ1v) is 7.56. The topological polar surface area (TPSA) is 53.6 Å². The second kappa shape index (κ2) is 7.29. The van der Waals surface area contributed by atoms with Gasteiger partial charge in [-0.15, -0.1) is 0 Å². The van der Waals surface area contributed by atoms with Crippen LogP contribution in [0.3, 0.4) is 0 Å². The van der Waals surface area contributed by atoms with E-state index in [4.69, 9.17) is 5.73 Å². The summed E-state index contributed by atoms with van der Waals surface area (Å²) in [5, 5.41) is 3.15. The highest BCUT2D eigenvalue weighted by Crippen LogP contribution is 2.14. The second-order valence-electron chi connectivity index (χ2n) is 5.52. The fourth-order valence-corrected chi connectivity index (χ4v) is 2.64. The molecule has 2 rings (SSSR count). The Kier molecular flexibility index (Phi) is 5.41. The molecule has 1 fully saturated rings. The average molecular weight is 274 g/mol. The Morgan fingerprint density at radius 2 is 1.95 bits per heavy atom. The van der Waals surface area contributed by atoms with Crippen LogP contribution < -0.4 is 11.1 Å². The Morgan fingerprint density at radius 1 is 1.30 bits per heavy atom. The van der Waals surface area contributed by atoms with Crippen LogP contribution in [0.1, 0.15) is 31.7 Å². The maximum atomic E-state index is 5.97. The van der Waals surface area contributed by atoms with Crippen LogP contribution in [0.15, 0.2) is 29.3 Å². The minimum absolute atomic E-state index is 0.506. The Hall–Kier alpha value is -1.55. The number of hydrogen-bond acceptors (Lipinski definition) is 2. The summed E-state index contributed by atoms with van der Waals surface area (Å²) < 4.78 is 0. The van der Waals surface area contributed by atoms with E-state index < -0.39 is 0 Å². The van der Waals surface area contributed by atoms with Crippen LogP contribution in [-0.4, -0.2) is 36.5 Å².